The zero-order valence-electron chi connectivity index (χ0n) is 15.8. The first-order chi connectivity index (χ1) is 12.4. The Bertz CT molecular complexity index is 769. The molecule has 0 spiro atoms. The van der Waals surface area contributed by atoms with Crippen molar-refractivity contribution in [2.45, 2.75) is 46.3 Å². The summed E-state index contributed by atoms with van der Waals surface area (Å²) in [6, 6.07) is 7.79. The van der Waals surface area contributed by atoms with Gasteiger partial charge in [-0.2, -0.15) is 0 Å². The van der Waals surface area contributed by atoms with Gasteiger partial charge in [0, 0.05) is 12.6 Å². The van der Waals surface area contributed by atoms with Crippen molar-refractivity contribution in [2.24, 2.45) is 11.7 Å². The Morgan fingerprint density at radius 3 is 2.62 bits per heavy atom. The van der Waals surface area contributed by atoms with Crippen LogP contribution in [0, 0.1) is 12.8 Å². The highest BCUT2D eigenvalue weighted by molar-refractivity contribution is 5.93. The summed E-state index contributed by atoms with van der Waals surface area (Å²) < 4.78 is 7.35. The lowest BCUT2D eigenvalue weighted by Gasteiger charge is -2.20. The molecule has 26 heavy (non-hydrogen) atoms. The van der Waals surface area contributed by atoms with Gasteiger partial charge in [0.1, 0.15) is 5.75 Å². The van der Waals surface area contributed by atoms with E-state index in [-0.39, 0.29) is 18.1 Å². The third kappa shape index (κ3) is 3.58. The van der Waals surface area contributed by atoms with Crippen LogP contribution in [0.15, 0.2) is 24.3 Å². The average molecular weight is 357 g/mol. The molecule has 2 N–H and O–H groups in total. The van der Waals surface area contributed by atoms with E-state index in [1.807, 2.05) is 49.9 Å². The lowest BCUT2D eigenvalue weighted by atomic mass is 10.1. The van der Waals surface area contributed by atoms with Crippen molar-refractivity contribution in [2.75, 3.05) is 13.1 Å². The molecule has 1 fully saturated rings. The standard InChI is InChI=1S/C19H27N5O2/c1-12(2)26-17-7-5-16(6-8-17)24-14(4)18(21-22-24)19(25)23-11-15(10-20)9-13(23)3/h5-8,12-13,15H,9-11,20H2,1-4H3. The summed E-state index contributed by atoms with van der Waals surface area (Å²) in [5, 5.41) is 8.34. The van der Waals surface area contributed by atoms with Gasteiger partial charge in [0.2, 0.25) is 0 Å². The number of nitrogens with two attached hydrogens (primary N) is 1. The van der Waals surface area contributed by atoms with E-state index in [1.54, 1.807) is 4.68 Å². The molecule has 2 atom stereocenters. The number of aromatic nitrogens is 3. The van der Waals surface area contributed by atoms with Crippen molar-refractivity contribution in [3.05, 3.63) is 35.7 Å². The van der Waals surface area contributed by atoms with Crippen LogP contribution in [0.1, 0.15) is 43.4 Å². The second kappa shape index (κ2) is 7.45. The molecule has 1 aromatic heterocycles. The fourth-order valence-corrected chi connectivity index (χ4v) is 3.44. The van der Waals surface area contributed by atoms with Gasteiger partial charge in [-0.15, -0.1) is 5.10 Å². The molecular weight excluding hydrogens is 330 g/mol. The minimum absolute atomic E-state index is 0.0723. The molecule has 1 aromatic carbocycles. The van der Waals surface area contributed by atoms with Crippen LogP contribution in [0.5, 0.6) is 5.75 Å². The Balaban J connectivity index is 1.80. The van der Waals surface area contributed by atoms with Gasteiger partial charge in [0.05, 0.1) is 17.5 Å². The van der Waals surface area contributed by atoms with Gasteiger partial charge in [-0.25, -0.2) is 4.68 Å². The summed E-state index contributed by atoms with van der Waals surface area (Å²) in [6.07, 6.45) is 1.06. The monoisotopic (exact) mass is 357 g/mol. The molecule has 7 heteroatoms. The van der Waals surface area contributed by atoms with Crippen molar-refractivity contribution in [1.82, 2.24) is 19.9 Å². The Morgan fingerprint density at radius 2 is 2.04 bits per heavy atom. The molecule has 1 aliphatic rings. The van der Waals surface area contributed by atoms with Crippen molar-refractivity contribution in [1.29, 1.82) is 0 Å². The normalized spacial score (nSPS) is 20.0. The second-order valence-corrected chi connectivity index (χ2v) is 7.24. The van der Waals surface area contributed by atoms with Crippen LogP contribution in [-0.2, 0) is 0 Å². The summed E-state index contributed by atoms with van der Waals surface area (Å²) in [5.41, 5.74) is 7.75. The third-order valence-electron chi connectivity index (χ3n) is 4.81. The molecular formula is C19H27N5O2. The van der Waals surface area contributed by atoms with E-state index in [0.717, 1.165) is 23.6 Å². The maximum atomic E-state index is 12.9. The first-order valence-corrected chi connectivity index (χ1v) is 9.11. The van der Waals surface area contributed by atoms with Gasteiger partial charge in [-0.05, 0) is 70.8 Å². The van der Waals surface area contributed by atoms with E-state index in [2.05, 4.69) is 17.2 Å². The Morgan fingerprint density at radius 1 is 1.35 bits per heavy atom. The molecule has 0 aliphatic carbocycles. The van der Waals surface area contributed by atoms with Crippen LogP contribution in [-0.4, -0.2) is 51.0 Å². The third-order valence-corrected chi connectivity index (χ3v) is 4.81. The van der Waals surface area contributed by atoms with Crippen LogP contribution in [0.2, 0.25) is 0 Å². The van der Waals surface area contributed by atoms with Crippen LogP contribution < -0.4 is 10.5 Å². The molecule has 140 valence electrons. The Labute approximate surface area is 154 Å². The van der Waals surface area contributed by atoms with Crippen molar-refractivity contribution >= 4 is 5.91 Å². The second-order valence-electron chi connectivity index (χ2n) is 7.24. The molecule has 1 saturated heterocycles. The molecule has 3 rings (SSSR count). The number of hydrogen-bond acceptors (Lipinski definition) is 5. The lowest BCUT2D eigenvalue weighted by Crippen LogP contribution is -2.35. The summed E-state index contributed by atoms with van der Waals surface area (Å²) in [7, 11) is 0. The van der Waals surface area contributed by atoms with Crippen molar-refractivity contribution < 1.29 is 9.53 Å². The Hall–Kier alpha value is -2.41. The number of rotatable bonds is 5. The topological polar surface area (TPSA) is 86.3 Å². The Kier molecular flexibility index (Phi) is 5.27. The van der Waals surface area contributed by atoms with Crippen LogP contribution in [0.4, 0.5) is 0 Å². The highest BCUT2D eigenvalue weighted by Gasteiger charge is 2.34. The molecule has 2 unspecified atom stereocenters. The van der Waals surface area contributed by atoms with Crippen LogP contribution in [0.25, 0.3) is 5.69 Å². The maximum absolute atomic E-state index is 12.9. The zero-order chi connectivity index (χ0) is 18.8. The zero-order valence-corrected chi connectivity index (χ0v) is 15.8. The molecule has 2 heterocycles. The lowest BCUT2D eigenvalue weighted by molar-refractivity contribution is 0.0736. The number of benzene rings is 1. The van der Waals surface area contributed by atoms with Gasteiger partial charge in [-0.1, -0.05) is 5.21 Å². The molecule has 0 saturated carbocycles. The number of amides is 1. The summed E-state index contributed by atoms with van der Waals surface area (Å²) in [4.78, 5) is 14.8. The van der Waals surface area contributed by atoms with E-state index in [4.69, 9.17) is 10.5 Å². The summed E-state index contributed by atoms with van der Waals surface area (Å²) >= 11 is 0. The number of ether oxygens (including phenoxy) is 1. The number of nitrogens with zero attached hydrogens (tertiary/aromatic N) is 4. The molecule has 1 aliphatic heterocycles. The summed E-state index contributed by atoms with van der Waals surface area (Å²) in [6.45, 7) is 9.19. The molecule has 1 amide bonds. The number of hydrogen-bond donors (Lipinski definition) is 1. The van der Waals surface area contributed by atoms with E-state index in [9.17, 15) is 4.79 Å². The molecule has 0 bridgehead atoms. The van der Waals surface area contributed by atoms with Gasteiger partial charge in [-0.3, -0.25) is 4.79 Å². The highest BCUT2D eigenvalue weighted by Crippen LogP contribution is 2.25. The first kappa shape index (κ1) is 18.4. The minimum atomic E-state index is -0.0723. The fourth-order valence-electron chi connectivity index (χ4n) is 3.44. The largest absolute Gasteiger partial charge is 0.491 e. The van der Waals surface area contributed by atoms with Gasteiger partial charge < -0.3 is 15.4 Å². The molecule has 0 radical (unpaired) electrons. The van der Waals surface area contributed by atoms with Crippen molar-refractivity contribution in [3.63, 3.8) is 0 Å². The predicted molar refractivity (Wildman–Crippen MR) is 99.5 cm³/mol. The van der Waals surface area contributed by atoms with E-state index >= 15 is 0 Å². The summed E-state index contributed by atoms with van der Waals surface area (Å²) in [5.74, 6) is 1.09. The number of likely N-dealkylation sites (tertiary alicyclic amines) is 1. The maximum Gasteiger partial charge on any atom is 0.276 e. The van der Waals surface area contributed by atoms with Gasteiger partial charge in [0.15, 0.2) is 5.69 Å². The van der Waals surface area contributed by atoms with E-state index in [0.29, 0.717) is 24.7 Å². The van der Waals surface area contributed by atoms with Crippen LogP contribution in [0.3, 0.4) is 0 Å². The van der Waals surface area contributed by atoms with E-state index < -0.39 is 0 Å². The first-order valence-electron chi connectivity index (χ1n) is 9.11. The average Bonchev–Trinajstić information content (AvgIpc) is 3.17. The molecule has 7 nitrogen and oxygen atoms in total. The SMILES string of the molecule is Cc1c(C(=O)N2CC(CN)CC2C)nnn1-c1ccc(OC(C)C)cc1. The highest BCUT2D eigenvalue weighted by atomic mass is 16.5. The number of carbonyl (C=O) groups is 1. The van der Waals surface area contributed by atoms with Crippen LogP contribution >= 0.6 is 0 Å². The minimum Gasteiger partial charge on any atom is -0.491 e. The van der Waals surface area contributed by atoms with Gasteiger partial charge >= 0.3 is 0 Å². The van der Waals surface area contributed by atoms with E-state index in [1.165, 1.54) is 0 Å². The smallest absolute Gasteiger partial charge is 0.276 e. The predicted octanol–water partition coefficient (Wildman–Crippen LogP) is 2.17. The quantitative estimate of drug-likeness (QED) is 0.886. The number of carbonyl (C=O) groups excluding carboxylic acids is 1. The van der Waals surface area contributed by atoms with Crippen molar-refractivity contribution in [3.8, 4) is 11.4 Å². The molecule has 2 aromatic rings. The fraction of sp³-hybridized carbons (Fsp3) is 0.526. The van der Waals surface area contributed by atoms with Gasteiger partial charge in [0.25, 0.3) is 5.91 Å².